The maximum atomic E-state index is 12.6. The van der Waals surface area contributed by atoms with Crippen molar-refractivity contribution in [3.63, 3.8) is 0 Å². The van der Waals surface area contributed by atoms with Crippen LogP contribution in [-0.2, 0) is 20.9 Å². The van der Waals surface area contributed by atoms with Gasteiger partial charge in [-0.05, 0) is 30.3 Å². The first-order valence-electron chi connectivity index (χ1n) is 8.01. The molecule has 0 unspecified atom stereocenters. The average molecular weight is 339 g/mol. The molecular weight excluding hydrogens is 320 g/mol. The van der Waals surface area contributed by atoms with E-state index in [4.69, 9.17) is 0 Å². The summed E-state index contributed by atoms with van der Waals surface area (Å²) in [5.74, 6) is -0.614. The van der Waals surface area contributed by atoms with Gasteiger partial charge in [-0.2, -0.15) is 0 Å². The summed E-state index contributed by atoms with van der Waals surface area (Å²) < 4.78 is 0. The molecule has 128 valence electrons. The highest BCUT2D eigenvalue weighted by Gasteiger charge is 2.42. The van der Waals surface area contributed by atoms with Gasteiger partial charge in [0, 0.05) is 30.6 Å². The van der Waals surface area contributed by atoms with E-state index in [0.717, 1.165) is 5.56 Å². The Balaban J connectivity index is 1.67. The van der Waals surface area contributed by atoms with E-state index in [2.05, 4.69) is 10.3 Å². The zero-order valence-corrected chi connectivity index (χ0v) is 13.8. The molecule has 1 saturated heterocycles. The summed E-state index contributed by atoms with van der Waals surface area (Å²) in [5, 5.41) is 4.52. The van der Waals surface area contributed by atoms with Crippen LogP contribution in [0.3, 0.4) is 0 Å². The molecule has 0 saturated carbocycles. The fourth-order valence-corrected chi connectivity index (χ4v) is 2.81. The molecule has 1 aliphatic rings. The van der Waals surface area contributed by atoms with Crippen LogP contribution in [0.15, 0.2) is 48.8 Å². The highest BCUT2D eigenvalue weighted by Crippen LogP contribution is 2.23. The Kier molecular flexibility index (Phi) is 4.85. The predicted molar refractivity (Wildman–Crippen MR) is 91.5 cm³/mol. The van der Waals surface area contributed by atoms with Crippen molar-refractivity contribution in [1.29, 1.82) is 0 Å². The number of carbonyl (C=O) groups is 3. The van der Waals surface area contributed by atoms with Crippen molar-refractivity contribution in [2.45, 2.75) is 25.9 Å². The fourth-order valence-electron chi connectivity index (χ4n) is 2.81. The second kappa shape index (κ2) is 7.23. The third-order valence-corrected chi connectivity index (χ3v) is 3.99. The van der Waals surface area contributed by atoms with E-state index < -0.39 is 6.04 Å². The SMILES string of the molecule is CC(=O)Nc1ccc(N2C(=O)C[C@@H]([NH2+]Cc3cccnc3)C2=O)cc1. The largest absolute Gasteiger partial charge is 0.332 e. The van der Waals surface area contributed by atoms with E-state index >= 15 is 0 Å². The lowest BCUT2D eigenvalue weighted by molar-refractivity contribution is -0.690. The van der Waals surface area contributed by atoms with Gasteiger partial charge in [-0.3, -0.25) is 19.4 Å². The van der Waals surface area contributed by atoms with Gasteiger partial charge in [0.1, 0.15) is 6.54 Å². The lowest BCUT2D eigenvalue weighted by atomic mass is 10.2. The average Bonchev–Trinajstić information content (AvgIpc) is 2.88. The molecule has 3 N–H and O–H groups in total. The van der Waals surface area contributed by atoms with E-state index in [1.807, 2.05) is 17.4 Å². The molecule has 7 heteroatoms. The summed E-state index contributed by atoms with van der Waals surface area (Å²) in [4.78, 5) is 41.2. The molecule has 0 bridgehead atoms. The quantitative estimate of drug-likeness (QED) is 0.773. The molecule has 2 heterocycles. The third kappa shape index (κ3) is 3.89. The molecule has 0 aliphatic carbocycles. The normalized spacial score (nSPS) is 17.0. The van der Waals surface area contributed by atoms with Gasteiger partial charge in [-0.25, -0.2) is 4.90 Å². The van der Waals surface area contributed by atoms with Crippen LogP contribution in [0, 0.1) is 0 Å². The van der Waals surface area contributed by atoms with Crippen molar-refractivity contribution >= 4 is 29.1 Å². The van der Waals surface area contributed by atoms with Crippen LogP contribution in [0.1, 0.15) is 18.9 Å². The molecule has 3 rings (SSSR count). The number of hydrogen-bond donors (Lipinski definition) is 2. The second-order valence-corrected chi connectivity index (χ2v) is 5.91. The highest BCUT2D eigenvalue weighted by atomic mass is 16.2. The monoisotopic (exact) mass is 339 g/mol. The summed E-state index contributed by atoms with van der Waals surface area (Å²) in [6, 6.07) is 10.0. The van der Waals surface area contributed by atoms with Gasteiger partial charge in [0.25, 0.3) is 5.91 Å². The van der Waals surface area contributed by atoms with Gasteiger partial charge < -0.3 is 10.6 Å². The van der Waals surface area contributed by atoms with E-state index in [1.165, 1.54) is 11.8 Å². The molecule has 0 radical (unpaired) electrons. The number of rotatable bonds is 5. The highest BCUT2D eigenvalue weighted by molar-refractivity contribution is 6.21. The summed E-state index contributed by atoms with van der Waals surface area (Å²) in [5.41, 5.74) is 2.14. The zero-order chi connectivity index (χ0) is 17.8. The van der Waals surface area contributed by atoms with Crippen molar-refractivity contribution in [3.05, 3.63) is 54.4 Å². The fraction of sp³-hybridized carbons (Fsp3) is 0.222. The van der Waals surface area contributed by atoms with Crippen molar-refractivity contribution in [3.8, 4) is 0 Å². The van der Waals surface area contributed by atoms with Crippen LogP contribution in [0.5, 0.6) is 0 Å². The molecule has 1 fully saturated rings. The molecule has 1 aromatic carbocycles. The van der Waals surface area contributed by atoms with Crippen molar-refractivity contribution in [1.82, 2.24) is 4.98 Å². The number of nitrogens with zero attached hydrogens (tertiary/aromatic N) is 2. The molecule has 3 amide bonds. The topological polar surface area (TPSA) is 96.0 Å². The Morgan fingerprint density at radius 1 is 1.28 bits per heavy atom. The molecule has 7 nitrogen and oxygen atoms in total. The minimum atomic E-state index is -0.428. The second-order valence-electron chi connectivity index (χ2n) is 5.91. The van der Waals surface area contributed by atoms with Crippen LogP contribution >= 0.6 is 0 Å². The summed E-state index contributed by atoms with van der Waals surface area (Å²) in [6.07, 6.45) is 3.61. The molecule has 2 aromatic rings. The van der Waals surface area contributed by atoms with Crippen molar-refractivity contribution in [2.24, 2.45) is 0 Å². The van der Waals surface area contributed by atoms with E-state index in [9.17, 15) is 14.4 Å². The first-order chi connectivity index (χ1) is 12.0. The Bertz CT molecular complexity index is 790. The molecule has 1 atom stereocenters. The first-order valence-corrected chi connectivity index (χ1v) is 8.01. The third-order valence-electron chi connectivity index (χ3n) is 3.99. The number of carbonyl (C=O) groups excluding carboxylic acids is 3. The maximum absolute atomic E-state index is 12.6. The van der Waals surface area contributed by atoms with Crippen LogP contribution in [0.25, 0.3) is 0 Å². The number of imide groups is 1. The van der Waals surface area contributed by atoms with Gasteiger partial charge in [-0.15, -0.1) is 0 Å². The summed E-state index contributed by atoms with van der Waals surface area (Å²) in [6.45, 7) is 2.01. The minimum absolute atomic E-state index is 0.173. The number of amides is 3. The van der Waals surface area contributed by atoms with Gasteiger partial charge in [0.2, 0.25) is 11.8 Å². The smallest absolute Gasteiger partial charge is 0.292 e. The summed E-state index contributed by atoms with van der Waals surface area (Å²) >= 11 is 0. The first kappa shape index (κ1) is 16.8. The van der Waals surface area contributed by atoms with E-state index in [0.29, 0.717) is 17.9 Å². The van der Waals surface area contributed by atoms with Gasteiger partial charge >= 0.3 is 0 Å². The number of aromatic nitrogens is 1. The Labute approximate surface area is 145 Å². The molecular formula is C18H19N4O3+. The van der Waals surface area contributed by atoms with E-state index in [-0.39, 0.29) is 24.1 Å². The standard InChI is InChI=1S/C18H18N4O3/c1-12(23)21-14-4-6-15(7-5-14)22-17(24)9-16(18(22)25)20-11-13-3-2-8-19-10-13/h2-8,10,16,20H,9,11H2,1H3,(H,21,23)/p+1/t16-/m1/s1. The van der Waals surface area contributed by atoms with Crippen LogP contribution in [0.2, 0.25) is 0 Å². The van der Waals surface area contributed by atoms with Crippen molar-refractivity contribution < 1.29 is 19.7 Å². The number of quaternary nitrogens is 1. The lowest BCUT2D eigenvalue weighted by Crippen LogP contribution is -2.90. The Hall–Kier alpha value is -3.06. The van der Waals surface area contributed by atoms with Gasteiger partial charge in [0.15, 0.2) is 6.04 Å². The van der Waals surface area contributed by atoms with Crippen LogP contribution in [0.4, 0.5) is 11.4 Å². The van der Waals surface area contributed by atoms with E-state index in [1.54, 1.807) is 36.7 Å². The zero-order valence-electron chi connectivity index (χ0n) is 13.8. The number of hydrogen-bond acceptors (Lipinski definition) is 4. The molecule has 0 spiro atoms. The number of anilines is 2. The summed E-state index contributed by atoms with van der Waals surface area (Å²) in [7, 11) is 0. The molecule has 1 aliphatic heterocycles. The Morgan fingerprint density at radius 2 is 2.04 bits per heavy atom. The predicted octanol–water partition coefficient (Wildman–Crippen LogP) is 0.436. The lowest BCUT2D eigenvalue weighted by Gasteiger charge is -2.15. The van der Waals surface area contributed by atoms with Crippen molar-refractivity contribution in [2.75, 3.05) is 10.2 Å². The van der Waals surface area contributed by atoms with Crippen LogP contribution < -0.4 is 15.5 Å². The van der Waals surface area contributed by atoms with Gasteiger partial charge in [0.05, 0.1) is 12.1 Å². The number of benzene rings is 1. The Morgan fingerprint density at radius 3 is 2.68 bits per heavy atom. The molecule has 25 heavy (non-hydrogen) atoms. The number of pyridine rings is 1. The number of nitrogens with one attached hydrogen (secondary N) is 1. The maximum Gasteiger partial charge on any atom is 0.292 e. The van der Waals surface area contributed by atoms with Crippen LogP contribution in [-0.4, -0.2) is 28.7 Å². The minimum Gasteiger partial charge on any atom is -0.332 e. The number of nitrogens with two attached hydrogens (primary N) is 1. The molecule has 1 aromatic heterocycles. The van der Waals surface area contributed by atoms with Gasteiger partial charge in [-0.1, -0.05) is 6.07 Å².